The van der Waals surface area contributed by atoms with Gasteiger partial charge in [0.15, 0.2) is 0 Å². The number of methoxy groups -OCH3 is 1. The number of piperidine rings is 1. The highest BCUT2D eigenvalue weighted by atomic mass is 16.5. The van der Waals surface area contributed by atoms with Crippen molar-refractivity contribution in [1.82, 2.24) is 10.2 Å². The summed E-state index contributed by atoms with van der Waals surface area (Å²) in [6, 6.07) is 18.8. The molecule has 0 spiro atoms. The normalized spacial score (nSPS) is 14.8. The Bertz CT molecular complexity index is 724. The van der Waals surface area contributed by atoms with Gasteiger partial charge in [-0.25, -0.2) is 0 Å². The van der Waals surface area contributed by atoms with E-state index in [0.717, 1.165) is 57.6 Å². The number of para-hydroxylation sites is 1. The molecule has 2 aromatic rings. The SMILES string of the molecule is COc1ccccc1CCNCCC(=O)N1CCC(Cc2ccccc2)CC1. The van der Waals surface area contributed by atoms with Crippen molar-refractivity contribution in [3.63, 3.8) is 0 Å². The molecule has 1 aliphatic rings. The summed E-state index contributed by atoms with van der Waals surface area (Å²) in [5.74, 6) is 1.91. The standard InChI is InChI=1S/C24H32N2O2/c1-28-23-10-6-5-9-22(23)11-15-25-16-12-24(27)26-17-13-21(14-18-26)19-20-7-3-2-4-8-20/h2-10,21,25H,11-19H2,1H3. The monoisotopic (exact) mass is 380 g/mol. The van der Waals surface area contributed by atoms with Gasteiger partial charge in [0, 0.05) is 26.1 Å². The Morgan fingerprint density at radius 1 is 1.04 bits per heavy atom. The van der Waals surface area contributed by atoms with Crippen LogP contribution in [0.3, 0.4) is 0 Å². The number of carbonyl (C=O) groups is 1. The predicted molar refractivity (Wildman–Crippen MR) is 114 cm³/mol. The van der Waals surface area contributed by atoms with Crippen LogP contribution in [0.25, 0.3) is 0 Å². The number of likely N-dealkylation sites (tertiary alicyclic amines) is 1. The number of amides is 1. The number of hydrogen-bond acceptors (Lipinski definition) is 3. The average molecular weight is 381 g/mol. The van der Waals surface area contributed by atoms with Gasteiger partial charge >= 0.3 is 0 Å². The van der Waals surface area contributed by atoms with E-state index in [2.05, 4.69) is 41.7 Å². The third-order valence-corrected chi connectivity index (χ3v) is 5.61. The minimum atomic E-state index is 0.281. The third kappa shape index (κ3) is 6.10. The molecule has 4 heteroatoms. The summed E-state index contributed by atoms with van der Waals surface area (Å²) in [7, 11) is 1.70. The fraction of sp³-hybridized carbons (Fsp3) is 0.458. The van der Waals surface area contributed by atoms with Crippen LogP contribution in [0.2, 0.25) is 0 Å². The Kier molecular flexibility index (Phi) is 7.92. The van der Waals surface area contributed by atoms with Gasteiger partial charge < -0.3 is 15.0 Å². The van der Waals surface area contributed by atoms with Crippen molar-refractivity contribution in [2.75, 3.05) is 33.3 Å². The van der Waals surface area contributed by atoms with Gasteiger partial charge in [-0.1, -0.05) is 48.5 Å². The molecule has 28 heavy (non-hydrogen) atoms. The molecule has 1 fully saturated rings. The molecule has 1 heterocycles. The first kappa shape index (κ1) is 20.4. The summed E-state index contributed by atoms with van der Waals surface area (Å²) >= 11 is 0. The fourth-order valence-electron chi connectivity index (χ4n) is 3.94. The van der Waals surface area contributed by atoms with E-state index in [9.17, 15) is 4.79 Å². The van der Waals surface area contributed by atoms with E-state index >= 15 is 0 Å². The lowest BCUT2D eigenvalue weighted by Crippen LogP contribution is -2.40. The Morgan fingerprint density at radius 2 is 1.75 bits per heavy atom. The molecule has 0 bridgehead atoms. The van der Waals surface area contributed by atoms with E-state index in [-0.39, 0.29) is 5.91 Å². The van der Waals surface area contributed by atoms with Crippen LogP contribution in [0.5, 0.6) is 5.75 Å². The lowest BCUT2D eigenvalue weighted by molar-refractivity contribution is -0.132. The van der Waals surface area contributed by atoms with Gasteiger partial charge in [0.2, 0.25) is 5.91 Å². The van der Waals surface area contributed by atoms with E-state index in [1.54, 1.807) is 7.11 Å². The maximum Gasteiger partial charge on any atom is 0.223 e. The van der Waals surface area contributed by atoms with Crippen molar-refractivity contribution in [3.05, 3.63) is 65.7 Å². The second-order valence-electron chi connectivity index (χ2n) is 7.58. The van der Waals surface area contributed by atoms with Crippen LogP contribution in [0.15, 0.2) is 54.6 Å². The molecular weight excluding hydrogens is 348 g/mol. The van der Waals surface area contributed by atoms with Gasteiger partial charge in [0.05, 0.1) is 7.11 Å². The van der Waals surface area contributed by atoms with Crippen molar-refractivity contribution in [2.24, 2.45) is 5.92 Å². The number of carbonyl (C=O) groups excluding carboxylic acids is 1. The summed E-state index contributed by atoms with van der Waals surface area (Å²) in [6.07, 6.45) is 4.84. The van der Waals surface area contributed by atoms with Crippen molar-refractivity contribution in [3.8, 4) is 5.75 Å². The molecule has 0 aliphatic carbocycles. The van der Waals surface area contributed by atoms with E-state index in [4.69, 9.17) is 4.74 Å². The minimum absolute atomic E-state index is 0.281. The minimum Gasteiger partial charge on any atom is -0.496 e. The topological polar surface area (TPSA) is 41.6 Å². The van der Waals surface area contributed by atoms with Gasteiger partial charge in [0.1, 0.15) is 5.75 Å². The number of rotatable bonds is 9. The van der Waals surface area contributed by atoms with Crippen LogP contribution in [0.1, 0.15) is 30.4 Å². The molecule has 1 aliphatic heterocycles. The summed E-state index contributed by atoms with van der Waals surface area (Å²) in [5.41, 5.74) is 2.61. The zero-order chi connectivity index (χ0) is 19.6. The second-order valence-corrected chi connectivity index (χ2v) is 7.58. The van der Waals surface area contributed by atoms with Gasteiger partial charge in [-0.3, -0.25) is 4.79 Å². The Labute approximate surface area is 168 Å². The van der Waals surface area contributed by atoms with Crippen LogP contribution in [-0.4, -0.2) is 44.1 Å². The lowest BCUT2D eigenvalue weighted by Gasteiger charge is -2.32. The third-order valence-electron chi connectivity index (χ3n) is 5.61. The number of nitrogens with one attached hydrogen (secondary N) is 1. The maximum absolute atomic E-state index is 12.5. The van der Waals surface area contributed by atoms with Crippen LogP contribution >= 0.6 is 0 Å². The molecule has 1 amide bonds. The molecule has 3 rings (SSSR count). The first-order valence-corrected chi connectivity index (χ1v) is 10.4. The number of nitrogens with zero attached hydrogens (tertiary/aromatic N) is 1. The summed E-state index contributed by atoms with van der Waals surface area (Å²) in [5, 5.41) is 3.39. The highest BCUT2D eigenvalue weighted by molar-refractivity contribution is 5.76. The first-order valence-electron chi connectivity index (χ1n) is 10.4. The van der Waals surface area contributed by atoms with Crippen molar-refractivity contribution >= 4 is 5.91 Å². The molecule has 150 valence electrons. The smallest absolute Gasteiger partial charge is 0.223 e. The average Bonchev–Trinajstić information content (AvgIpc) is 2.75. The highest BCUT2D eigenvalue weighted by Crippen LogP contribution is 2.22. The Morgan fingerprint density at radius 3 is 2.50 bits per heavy atom. The zero-order valence-electron chi connectivity index (χ0n) is 16.9. The predicted octanol–water partition coefficient (Wildman–Crippen LogP) is 3.70. The van der Waals surface area contributed by atoms with E-state index < -0.39 is 0 Å². The molecular formula is C24H32N2O2. The van der Waals surface area contributed by atoms with Crippen LogP contribution in [-0.2, 0) is 17.6 Å². The van der Waals surface area contributed by atoms with Crippen molar-refractivity contribution < 1.29 is 9.53 Å². The number of hydrogen-bond donors (Lipinski definition) is 1. The van der Waals surface area contributed by atoms with Gasteiger partial charge in [-0.05, 0) is 55.3 Å². The summed E-state index contributed by atoms with van der Waals surface area (Å²) in [4.78, 5) is 14.5. The molecule has 0 aromatic heterocycles. The molecule has 2 aromatic carbocycles. The van der Waals surface area contributed by atoms with Crippen molar-refractivity contribution in [2.45, 2.75) is 32.1 Å². The lowest BCUT2D eigenvalue weighted by atomic mass is 9.90. The van der Waals surface area contributed by atoms with Gasteiger partial charge in [0.25, 0.3) is 0 Å². The van der Waals surface area contributed by atoms with Gasteiger partial charge in [-0.15, -0.1) is 0 Å². The first-order chi connectivity index (χ1) is 13.8. The van der Waals surface area contributed by atoms with Crippen LogP contribution < -0.4 is 10.1 Å². The largest absolute Gasteiger partial charge is 0.496 e. The molecule has 0 unspecified atom stereocenters. The number of ether oxygens (including phenoxy) is 1. The van der Waals surface area contributed by atoms with Crippen LogP contribution in [0.4, 0.5) is 0 Å². The molecule has 1 N–H and O–H groups in total. The maximum atomic E-state index is 12.5. The second kappa shape index (κ2) is 10.9. The summed E-state index contributed by atoms with van der Waals surface area (Å²) < 4.78 is 5.38. The fourth-order valence-corrected chi connectivity index (χ4v) is 3.94. The summed E-state index contributed by atoms with van der Waals surface area (Å²) in [6.45, 7) is 3.39. The van der Waals surface area contributed by atoms with Crippen molar-refractivity contribution in [1.29, 1.82) is 0 Å². The molecule has 4 nitrogen and oxygen atoms in total. The Hall–Kier alpha value is -2.33. The molecule has 1 saturated heterocycles. The molecule has 0 saturated carbocycles. The van der Waals surface area contributed by atoms with E-state index in [0.29, 0.717) is 12.3 Å². The quantitative estimate of drug-likeness (QED) is 0.675. The highest BCUT2D eigenvalue weighted by Gasteiger charge is 2.22. The van der Waals surface area contributed by atoms with Gasteiger partial charge in [-0.2, -0.15) is 0 Å². The molecule has 0 radical (unpaired) electrons. The van der Waals surface area contributed by atoms with E-state index in [1.807, 2.05) is 23.1 Å². The number of benzene rings is 2. The zero-order valence-corrected chi connectivity index (χ0v) is 16.9. The Balaban J connectivity index is 1.30. The van der Waals surface area contributed by atoms with E-state index in [1.165, 1.54) is 11.1 Å². The molecule has 0 atom stereocenters. The van der Waals surface area contributed by atoms with Crippen LogP contribution in [0, 0.1) is 5.92 Å².